The third-order valence-corrected chi connectivity index (χ3v) is 6.18. The fourth-order valence-corrected chi connectivity index (χ4v) is 4.60. The van der Waals surface area contributed by atoms with E-state index in [1.165, 1.54) is 24.0 Å². The van der Waals surface area contributed by atoms with Crippen LogP contribution >= 0.6 is 11.3 Å². The van der Waals surface area contributed by atoms with Crippen LogP contribution in [0.15, 0.2) is 36.7 Å². The van der Waals surface area contributed by atoms with Crippen LogP contribution in [0, 0.1) is 6.92 Å². The quantitative estimate of drug-likeness (QED) is 0.646. The summed E-state index contributed by atoms with van der Waals surface area (Å²) in [6.45, 7) is 6.69. The van der Waals surface area contributed by atoms with E-state index in [0.29, 0.717) is 4.88 Å². The summed E-state index contributed by atoms with van der Waals surface area (Å²) in [4.78, 5) is 27.2. The molecule has 1 aliphatic rings. The first-order valence-electron chi connectivity index (χ1n) is 9.01. The summed E-state index contributed by atoms with van der Waals surface area (Å²) in [5, 5.41) is 0.972. The molecule has 0 amide bonds. The lowest BCUT2D eigenvalue weighted by Crippen LogP contribution is -2.46. The Balaban J connectivity index is 1.54. The van der Waals surface area contributed by atoms with E-state index in [-0.39, 0.29) is 5.97 Å². The predicted molar refractivity (Wildman–Crippen MR) is 107 cm³/mol. The van der Waals surface area contributed by atoms with Gasteiger partial charge in [0.2, 0.25) is 0 Å². The summed E-state index contributed by atoms with van der Waals surface area (Å²) in [6.07, 6.45) is 1.59. The molecule has 0 N–H and O–H groups in total. The number of esters is 1. The van der Waals surface area contributed by atoms with Crippen LogP contribution in [0.1, 0.15) is 20.8 Å². The highest BCUT2D eigenvalue weighted by Gasteiger charge is 2.24. The zero-order valence-corrected chi connectivity index (χ0v) is 16.3. The molecule has 6 nitrogen and oxygen atoms in total. The molecular weight excluding hydrogens is 360 g/mol. The number of rotatable bonds is 4. The fourth-order valence-electron chi connectivity index (χ4n) is 3.54. The van der Waals surface area contributed by atoms with Crippen LogP contribution in [0.2, 0.25) is 0 Å². The lowest BCUT2D eigenvalue weighted by atomic mass is 10.1. The number of nitrogens with zero attached hydrogens (tertiary/aromatic N) is 4. The second kappa shape index (κ2) is 7.62. The Hall–Kier alpha value is -2.51. The summed E-state index contributed by atoms with van der Waals surface area (Å²) in [7, 11) is 1.41. The Bertz CT molecular complexity index is 949. The third kappa shape index (κ3) is 3.52. The Morgan fingerprint density at radius 3 is 2.59 bits per heavy atom. The number of aromatic nitrogens is 2. The van der Waals surface area contributed by atoms with E-state index in [1.54, 1.807) is 6.33 Å². The van der Waals surface area contributed by atoms with E-state index in [2.05, 4.69) is 44.0 Å². The Kier molecular flexibility index (Phi) is 5.05. The zero-order valence-electron chi connectivity index (χ0n) is 15.5. The van der Waals surface area contributed by atoms with E-state index < -0.39 is 0 Å². The smallest absolute Gasteiger partial charge is 0.348 e. The number of piperazine rings is 1. The van der Waals surface area contributed by atoms with E-state index in [1.807, 2.05) is 13.0 Å². The van der Waals surface area contributed by atoms with Gasteiger partial charge in [0.15, 0.2) is 0 Å². The lowest BCUT2D eigenvalue weighted by Gasteiger charge is -2.35. The summed E-state index contributed by atoms with van der Waals surface area (Å²) < 4.78 is 4.91. The van der Waals surface area contributed by atoms with Gasteiger partial charge in [0.25, 0.3) is 0 Å². The van der Waals surface area contributed by atoms with E-state index >= 15 is 0 Å². The first-order chi connectivity index (χ1) is 13.2. The molecule has 27 heavy (non-hydrogen) atoms. The second-order valence-electron chi connectivity index (χ2n) is 6.67. The van der Waals surface area contributed by atoms with Gasteiger partial charge in [-0.25, -0.2) is 14.8 Å². The average Bonchev–Trinajstić information content (AvgIpc) is 3.06. The summed E-state index contributed by atoms with van der Waals surface area (Å²) in [5.74, 6) is 0.609. The van der Waals surface area contributed by atoms with E-state index in [4.69, 9.17) is 4.74 Å². The van der Waals surface area contributed by atoms with Gasteiger partial charge in [0.1, 0.15) is 21.9 Å². The highest BCUT2D eigenvalue weighted by atomic mass is 32.1. The predicted octanol–water partition coefficient (Wildman–Crippen LogP) is 3.11. The molecule has 0 saturated carbocycles. The van der Waals surface area contributed by atoms with Crippen molar-refractivity contribution in [3.05, 3.63) is 52.7 Å². The zero-order chi connectivity index (χ0) is 18.8. The number of carbonyl (C=O) groups excluding carboxylic acids is 1. The fraction of sp³-hybridized carbons (Fsp3) is 0.350. The summed E-state index contributed by atoms with van der Waals surface area (Å²) in [6, 6.07) is 10.6. The number of benzene rings is 1. The third-order valence-electron chi connectivity index (χ3n) is 5.00. The van der Waals surface area contributed by atoms with Gasteiger partial charge in [-0.05, 0) is 18.1 Å². The maximum atomic E-state index is 12.0. The van der Waals surface area contributed by atoms with Crippen molar-refractivity contribution >= 4 is 33.3 Å². The SMILES string of the molecule is COC(=O)c1sc2ncnc(N3CCN(Cc4ccccc4)CC3)c2c1C. The van der Waals surface area contributed by atoms with Gasteiger partial charge in [0, 0.05) is 32.7 Å². The average molecular weight is 382 g/mol. The molecule has 3 aromatic rings. The Labute approximate surface area is 162 Å². The van der Waals surface area contributed by atoms with E-state index in [0.717, 1.165) is 54.3 Å². The highest BCUT2D eigenvalue weighted by molar-refractivity contribution is 7.20. The van der Waals surface area contributed by atoms with Crippen molar-refractivity contribution in [1.82, 2.24) is 14.9 Å². The first-order valence-corrected chi connectivity index (χ1v) is 9.82. The monoisotopic (exact) mass is 382 g/mol. The van der Waals surface area contributed by atoms with Crippen molar-refractivity contribution in [1.29, 1.82) is 0 Å². The van der Waals surface area contributed by atoms with Crippen molar-refractivity contribution < 1.29 is 9.53 Å². The summed E-state index contributed by atoms with van der Waals surface area (Å²) >= 11 is 1.37. The number of ether oxygens (including phenoxy) is 1. The molecule has 0 spiro atoms. The normalized spacial score (nSPS) is 15.3. The van der Waals surface area contributed by atoms with Crippen LogP contribution in [0.3, 0.4) is 0 Å². The van der Waals surface area contributed by atoms with Crippen LogP contribution in [0.4, 0.5) is 5.82 Å². The molecule has 0 unspecified atom stereocenters. The van der Waals surface area contributed by atoms with Crippen molar-refractivity contribution in [3.63, 3.8) is 0 Å². The first kappa shape index (κ1) is 17.9. The number of thiophene rings is 1. The Morgan fingerprint density at radius 1 is 1.15 bits per heavy atom. The number of anilines is 1. The van der Waals surface area contributed by atoms with Gasteiger partial charge < -0.3 is 9.64 Å². The van der Waals surface area contributed by atoms with Crippen LogP contribution in [-0.2, 0) is 11.3 Å². The molecule has 1 aliphatic heterocycles. The van der Waals surface area contributed by atoms with Crippen LogP contribution in [-0.4, -0.2) is 54.1 Å². The lowest BCUT2D eigenvalue weighted by molar-refractivity contribution is 0.0605. The van der Waals surface area contributed by atoms with E-state index in [9.17, 15) is 4.79 Å². The van der Waals surface area contributed by atoms with Crippen molar-refractivity contribution in [2.75, 3.05) is 38.2 Å². The molecule has 0 atom stereocenters. The van der Waals surface area contributed by atoms with Crippen molar-refractivity contribution in [3.8, 4) is 0 Å². The van der Waals surface area contributed by atoms with Gasteiger partial charge in [-0.3, -0.25) is 4.90 Å². The molecule has 1 fully saturated rings. The number of carbonyl (C=O) groups is 1. The van der Waals surface area contributed by atoms with Crippen LogP contribution in [0.5, 0.6) is 0 Å². The molecule has 0 bridgehead atoms. The molecule has 4 rings (SSSR count). The van der Waals surface area contributed by atoms with Gasteiger partial charge in [-0.1, -0.05) is 30.3 Å². The number of methoxy groups -OCH3 is 1. The minimum Gasteiger partial charge on any atom is -0.465 e. The Morgan fingerprint density at radius 2 is 1.89 bits per heavy atom. The number of fused-ring (bicyclic) bond motifs is 1. The van der Waals surface area contributed by atoms with Gasteiger partial charge in [-0.15, -0.1) is 11.3 Å². The molecule has 140 valence electrons. The maximum Gasteiger partial charge on any atom is 0.348 e. The van der Waals surface area contributed by atoms with Gasteiger partial charge >= 0.3 is 5.97 Å². The van der Waals surface area contributed by atoms with Crippen LogP contribution < -0.4 is 4.90 Å². The van der Waals surface area contributed by atoms with Crippen molar-refractivity contribution in [2.45, 2.75) is 13.5 Å². The molecular formula is C20H22N4O2S. The number of hydrogen-bond donors (Lipinski definition) is 0. The van der Waals surface area contributed by atoms with Crippen LogP contribution in [0.25, 0.3) is 10.2 Å². The minimum atomic E-state index is -0.311. The topological polar surface area (TPSA) is 58.6 Å². The molecule has 1 aromatic carbocycles. The highest BCUT2D eigenvalue weighted by Crippen LogP contribution is 2.35. The maximum absolute atomic E-state index is 12.0. The molecule has 0 aliphatic carbocycles. The summed E-state index contributed by atoms with van der Waals surface area (Å²) in [5.41, 5.74) is 2.25. The molecule has 3 heterocycles. The number of hydrogen-bond acceptors (Lipinski definition) is 7. The molecule has 1 saturated heterocycles. The second-order valence-corrected chi connectivity index (χ2v) is 7.67. The molecule has 2 aromatic heterocycles. The molecule has 7 heteroatoms. The largest absolute Gasteiger partial charge is 0.465 e. The molecule has 0 radical (unpaired) electrons. The van der Waals surface area contributed by atoms with Crippen molar-refractivity contribution in [2.24, 2.45) is 0 Å². The standard InChI is InChI=1S/C20H22N4O2S/c1-14-16-18(21-13-22-19(16)27-17(14)20(25)26-2)24-10-8-23(9-11-24)12-15-6-4-3-5-7-15/h3-7,13H,8-12H2,1-2H3. The van der Waals surface area contributed by atoms with Gasteiger partial charge in [-0.2, -0.15) is 0 Å². The minimum absolute atomic E-state index is 0.311. The number of aryl methyl sites for hydroxylation is 1. The van der Waals surface area contributed by atoms with Gasteiger partial charge in [0.05, 0.1) is 12.5 Å².